The van der Waals surface area contributed by atoms with Crippen LogP contribution in [0.1, 0.15) is 63.7 Å². The van der Waals surface area contributed by atoms with Crippen LogP contribution < -0.4 is 15.1 Å². The van der Waals surface area contributed by atoms with Crippen molar-refractivity contribution in [3.8, 4) is 5.75 Å². The summed E-state index contributed by atoms with van der Waals surface area (Å²) in [6.07, 6.45) is 1.51. The number of aryl methyl sites for hydroxylation is 2. The van der Waals surface area contributed by atoms with Crippen LogP contribution >= 0.6 is 0 Å². The van der Waals surface area contributed by atoms with E-state index >= 15 is 0 Å². The van der Waals surface area contributed by atoms with Gasteiger partial charge >= 0.3 is 5.97 Å². The molecule has 0 aliphatic carbocycles. The Balaban J connectivity index is 1.47. The van der Waals surface area contributed by atoms with Crippen molar-refractivity contribution in [2.75, 3.05) is 7.11 Å². The average molecular weight is 614 g/mol. The number of ether oxygens (including phenoxy) is 1. The van der Waals surface area contributed by atoms with Crippen molar-refractivity contribution < 1.29 is 23.5 Å². The van der Waals surface area contributed by atoms with Crippen LogP contribution in [0.15, 0.2) is 60.3 Å². The smallest absolute Gasteiger partial charge is 0.354 e. The number of hydrogen-bond acceptors (Lipinski definition) is 7. The molecule has 0 atom stereocenters. The maximum absolute atomic E-state index is 13.4. The first kappa shape index (κ1) is 32.1. The molecule has 3 N–H and O–H groups in total. The van der Waals surface area contributed by atoms with Gasteiger partial charge in [0.25, 0.3) is 11.8 Å². The van der Waals surface area contributed by atoms with Crippen LogP contribution in [0.2, 0.25) is 18.1 Å². The van der Waals surface area contributed by atoms with Crippen molar-refractivity contribution in [1.82, 2.24) is 26.0 Å². The van der Waals surface area contributed by atoms with E-state index in [2.05, 4.69) is 59.9 Å². The number of hydrogen-bond donors (Lipinski definition) is 3. The van der Waals surface area contributed by atoms with Crippen molar-refractivity contribution in [3.05, 3.63) is 93.7 Å². The van der Waals surface area contributed by atoms with Gasteiger partial charge in [-0.25, -0.2) is 4.79 Å². The summed E-state index contributed by atoms with van der Waals surface area (Å²) in [5.41, 5.74) is 4.76. The van der Waals surface area contributed by atoms with Gasteiger partial charge in [-0.2, -0.15) is 15.4 Å². The predicted octanol–water partition coefficient (Wildman–Crippen LogP) is 5.83. The summed E-state index contributed by atoms with van der Waals surface area (Å²) in [7, 11) is -0.754. The molecule has 0 unspecified atom stereocenters. The fraction of sp³-hybridized carbons (Fsp3) is 0.303. The van der Waals surface area contributed by atoms with E-state index < -0.39 is 20.2 Å². The number of nitrogens with one attached hydrogen (secondary N) is 3. The Morgan fingerprint density at radius 1 is 0.932 bits per heavy atom. The number of amides is 2. The molecule has 4 aromatic rings. The van der Waals surface area contributed by atoms with E-state index in [4.69, 9.17) is 9.16 Å². The maximum Gasteiger partial charge on any atom is 0.354 e. The Morgan fingerprint density at radius 3 is 2.27 bits per heavy atom. The summed E-state index contributed by atoms with van der Waals surface area (Å²) in [5.74, 6) is -0.671. The van der Waals surface area contributed by atoms with Crippen LogP contribution in [0, 0.1) is 13.8 Å². The minimum atomic E-state index is -1.99. The number of aromatic nitrogens is 3. The fourth-order valence-electron chi connectivity index (χ4n) is 4.46. The van der Waals surface area contributed by atoms with E-state index in [-0.39, 0.29) is 16.6 Å². The second kappa shape index (κ2) is 12.8. The molecule has 2 amide bonds. The third-order valence-electron chi connectivity index (χ3n) is 7.86. The molecule has 11 heteroatoms. The van der Waals surface area contributed by atoms with Gasteiger partial charge in [0, 0.05) is 17.7 Å². The standard InChI is InChI=1S/C33H39N5O5Si/c1-20-14-24(30(39)34-19-23-10-9-11-25(16-23)43-44(7,8)33(3,4)5)15-21(2)29(20)31(40)35-28(32(41)42-6)18-22-12-13-26-27(17-22)37-38-36-26/h9-18H,19H2,1-8H3,(H,34,39)(H,35,40)(H,36,37,38)/b28-18-. The number of H-pyrrole nitrogens is 1. The van der Waals surface area contributed by atoms with Crippen molar-refractivity contribution >= 4 is 43.2 Å². The molecule has 0 spiro atoms. The van der Waals surface area contributed by atoms with Crippen molar-refractivity contribution in [2.24, 2.45) is 0 Å². The number of carbonyl (C=O) groups excluding carboxylic acids is 3. The Labute approximate surface area is 258 Å². The number of benzene rings is 3. The summed E-state index contributed by atoms with van der Waals surface area (Å²) in [6.45, 7) is 14.8. The minimum Gasteiger partial charge on any atom is -0.543 e. The van der Waals surface area contributed by atoms with Crippen LogP contribution in [0.3, 0.4) is 0 Å². The second-order valence-electron chi connectivity index (χ2n) is 12.3. The SMILES string of the molecule is COC(=O)/C(=C/c1ccc2n[nH]nc2c1)NC(=O)c1c(C)cc(C(=O)NCc2cccc(O[Si](C)(C)C(C)(C)C)c2)cc1C. The van der Waals surface area contributed by atoms with Gasteiger partial charge in [-0.15, -0.1) is 0 Å². The average Bonchev–Trinajstić information content (AvgIpc) is 3.42. The Morgan fingerprint density at radius 2 is 1.61 bits per heavy atom. The van der Waals surface area contributed by atoms with Crippen LogP contribution in [0.4, 0.5) is 0 Å². The van der Waals surface area contributed by atoms with E-state index in [9.17, 15) is 14.4 Å². The number of aromatic amines is 1. The molecular weight excluding hydrogens is 574 g/mol. The zero-order valence-corrected chi connectivity index (χ0v) is 27.4. The van der Waals surface area contributed by atoms with E-state index in [1.807, 2.05) is 24.3 Å². The highest BCUT2D eigenvalue weighted by molar-refractivity contribution is 6.74. The molecule has 0 saturated heterocycles. The number of rotatable bonds is 9. The Kier molecular flexibility index (Phi) is 9.38. The van der Waals surface area contributed by atoms with Crippen molar-refractivity contribution in [1.29, 1.82) is 0 Å². The highest BCUT2D eigenvalue weighted by atomic mass is 28.4. The molecule has 3 aromatic carbocycles. The fourth-order valence-corrected chi connectivity index (χ4v) is 5.48. The lowest BCUT2D eigenvalue weighted by Crippen LogP contribution is -2.43. The quantitative estimate of drug-likeness (QED) is 0.123. The Hall–Kier alpha value is -4.77. The summed E-state index contributed by atoms with van der Waals surface area (Å²) in [5, 5.41) is 16.3. The molecule has 4 rings (SSSR count). The van der Waals surface area contributed by atoms with E-state index in [1.54, 1.807) is 44.2 Å². The van der Waals surface area contributed by atoms with E-state index in [0.717, 1.165) is 11.3 Å². The highest BCUT2D eigenvalue weighted by Gasteiger charge is 2.39. The molecule has 0 saturated carbocycles. The molecule has 0 aliphatic rings. The zero-order chi connectivity index (χ0) is 32.2. The molecule has 1 heterocycles. The van der Waals surface area contributed by atoms with E-state index in [0.29, 0.717) is 45.4 Å². The first-order valence-electron chi connectivity index (χ1n) is 14.3. The van der Waals surface area contributed by atoms with Crippen LogP contribution in [-0.4, -0.2) is 48.6 Å². The first-order chi connectivity index (χ1) is 20.7. The minimum absolute atomic E-state index is 0.0410. The second-order valence-corrected chi connectivity index (χ2v) is 17.0. The third kappa shape index (κ3) is 7.40. The number of carbonyl (C=O) groups is 3. The van der Waals surface area contributed by atoms with Crippen molar-refractivity contribution in [3.63, 3.8) is 0 Å². The lowest BCUT2D eigenvalue weighted by atomic mass is 9.98. The summed E-state index contributed by atoms with van der Waals surface area (Å²) >= 11 is 0. The molecule has 1 aromatic heterocycles. The van der Waals surface area contributed by atoms with Crippen LogP contribution in [0.5, 0.6) is 5.75 Å². The monoisotopic (exact) mass is 613 g/mol. The molecule has 0 bridgehead atoms. The largest absolute Gasteiger partial charge is 0.543 e. The lowest BCUT2D eigenvalue weighted by Gasteiger charge is -2.36. The molecular formula is C33H39N5O5Si. The highest BCUT2D eigenvalue weighted by Crippen LogP contribution is 2.37. The number of nitrogens with zero attached hydrogens (tertiary/aromatic N) is 2. The van der Waals surface area contributed by atoms with Gasteiger partial charge in [-0.05, 0) is 96.7 Å². The molecule has 0 aliphatic heterocycles. The lowest BCUT2D eigenvalue weighted by molar-refractivity contribution is -0.136. The summed E-state index contributed by atoms with van der Waals surface area (Å²) in [6, 6.07) is 16.3. The predicted molar refractivity (Wildman–Crippen MR) is 173 cm³/mol. The van der Waals surface area contributed by atoms with Crippen LogP contribution in [0.25, 0.3) is 17.1 Å². The van der Waals surface area contributed by atoms with Gasteiger partial charge in [0.1, 0.15) is 22.5 Å². The van der Waals surface area contributed by atoms with E-state index in [1.165, 1.54) is 13.2 Å². The maximum atomic E-state index is 13.4. The first-order valence-corrected chi connectivity index (χ1v) is 17.2. The summed E-state index contributed by atoms with van der Waals surface area (Å²) < 4.78 is 11.3. The number of methoxy groups -OCH3 is 1. The Bertz CT molecular complexity index is 1730. The zero-order valence-electron chi connectivity index (χ0n) is 26.4. The molecule has 44 heavy (non-hydrogen) atoms. The van der Waals surface area contributed by atoms with Crippen molar-refractivity contribution in [2.45, 2.75) is 59.3 Å². The molecule has 0 fully saturated rings. The molecule has 0 radical (unpaired) electrons. The van der Waals surface area contributed by atoms with Crippen LogP contribution in [-0.2, 0) is 16.1 Å². The molecule has 10 nitrogen and oxygen atoms in total. The van der Waals surface area contributed by atoms with Gasteiger partial charge in [-0.3, -0.25) is 9.59 Å². The molecule has 230 valence electrons. The summed E-state index contributed by atoms with van der Waals surface area (Å²) in [4.78, 5) is 39.0. The topological polar surface area (TPSA) is 135 Å². The van der Waals surface area contributed by atoms with Gasteiger partial charge in [-0.1, -0.05) is 39.0 Å². The third-order valence-corrected chi connectivity index (χ3v) is 12.2. The van der Waals surface area contributed by atoms with Gasteiger partial charge < -0.3 is 19.8 Å². The normalized spacial score (nSPS) is 12.1. The van der Waals surface area contributed by atoms with Gasteiger partial charge in [0.15, 0.2) is 0 Å². The van der Waals surface area contributed by atoms with Gasteiger partial charge in [0.05, 0.1) is 7.11 Å². The number of fused-ring (bicyclic) bond motifs is 1. The number of esters is 1. The van der Waals surface area contributed by atoms with Gasteiger partial charge in [0.2, 0.25) is 8.32 Å².